The van der Waals surface area contributed by atoms with E-state index in [1.165, 1.54) is 10.4 Å². The van der Waals surface area contributed by atoms with Crippen molar-refractivity contribution in [3.63, 3.8) is 0 Å². The van der Waals surface area contributed by atoms with Crippen molar-refractivity contribution in [1.82, 2.24) is 0 Å². The van der Waals surface area contributed by atoms with Gasteiger partial charge < -0.3 is 55.3 Å². The summed E-state index contributed by atoms with van der Waals surface area (Å²) in [7, 11) is -12.0. The molecule has 7 aliphatic heterocycles. The molecule has 0 amide bonds. The Morgan fingerprint density at radius 2 is 1.17 bits per heavy atom. The maximum Gasteiger partial charge on any atom is 0.261 e. The van der Waals surface area contributed by atoms with Gasteiger partial charge in [-0.1, -0.05) is 197 Å². The minimum atomic E-state index is -2.76. The van der Waals surface area contributed by atoms with Crippen LogP contribution in [0.2, 0.25) is 76.1 Å². The van der Waals surface area contributed by atoms with Crippen molar-refractivity contribution >= 4 is 57.7 Å². The van der Waals surface area contributed by atoms with E-state index < -0.39 is 81.8 Å². The van der Waals surface area contributed by atoms with Gasteiger partial charge in [-0.3, -0.25) is 4.79 Å². The van der Waals surface area contributed by atoms with Crippen LogP contribution in [0.4, 0.5) is 0 Å². The number of benzene rings is 2. The minimum Gasteiger partial charge on any atom is -0.414 e. The molecule has 556 valence electrons. The van der Waals surface area contributed by atoms with Crippen LogP contribution in [0.15, 0.2) is 72.8 Å². The average molecular weight is 1450 g/mol. The normalized spacial score (nSPS) is 35.5. The highest BCUT2D eigenvalue weighted by Crippen LogP contribution is 2.56. The Balaban J connectivity index is 0.988. The zero-order valence-corrected chi connectivity index (χ0v) is 71.5. The number of carbonyl (C=O) groups is 1. The Kier molecular flexibility index (Phi) is 24.4. The van der Waals surface area contributed by atoms with Gasteiger partial charge in [-0.25, -0.2) is 0 Å². The molecule has 7 aliphatic rings. The maximum absolute atomic E-state index is 15.1. The van der Waals surface area contributed by atoms with E-state index in [0.29, 0.717) is 74.8 Å². The van der Waals surface area contributed by atoms with Crippen molar-refractivity contribution in [2.75, 3.05) is 13.2 Å². The Morgan fingerprint density at radius 1 is 0.612 bits per heavy atom. The summed E-state index contributed by atoms with van der Waals surface area (Å²) in [5, 5.41) is 2.45. The third-order valence-electron chi connectivity index (χ3n) is 26.6. The molecule has 0 aromatic heterocycles. The molecule has 17 atom stereocenters. The predicted molar refractivity (Wildman–Crippen MR) is 411 cm³/mol. The van der Waals surface area contributed by atoms with E-state index in [1.807, 2.05) is 0 Å². The van der Waals surface area contributed by atoms with Crippen molar-refractivity contribution in [2.45, 2.75) is 401 Å². The molecule has 0 aliphatic carbocycles. The van der Waals surface area contributed by atoms with Gasteiger partial charge in [0.1, 0.15) is 29.5 Å². The maximum atomic E-state index is 15.1. The van der Waals surface area contributed by atoms with E-state index in [2.05, 4.69) is 258 Å². The summed E-state index contributed by atoms with van der Waals surface area (Å²) in [6.45, 7) is 63.4. The fourth-order valence-corrected chi connectivity index (χ4v) is 34.2. The number of fused-ring (bicyclic) bond motifs is 5. The van der Waals surface area contributed by atoms with Crippen molar-refractivity contribution in [3.05, 3.63) is 72.8 Å². The highest BCUT2D eigenvalue weighted by atomic mass is 28.4. The van der Waals surface area contributed by atoms with Crippen LogP contribution in [0.1, 0.15) is 223 Å². The van der Waals surface area contributed by atoms with Gasteiger partial charge in [0.15, 0.2) is 30.7 Å². The average Bonchev–Trinajstić information content (AvgIpc) is 0.904. The number of Topliss-reactive ketones (excluding diaryl/α,β-unsaturated/α-hetero) is 1. The van der Waals surface area contributed by atoms with Crippen LogP contribution in [0.3, 0.4) is 0 Å². The van der Waals surface area contributed by atoms with Gasteiger partial charge >= 0.3 is 0 Å². The van der Waals surface area contributed by atoms with Crippen LogP contribution in [0.25, 0.3) is 0 Å². The fourth-order valence-electron chi connectivity index (χ4n) is 18.5. The largest absolute Gasteiger partial charge is 0.414 e. The Morgan fingerprint density at radius 3 is 1.71 bits per heavy atom. The van der Waals surface area contributed by atoms with Gasteiger partial charge in [0.25, 0.3) is 8.32 Å². The summed E-state index contributed by atoms with van der Waals surface area (Å²) in [6, 6.07) is 24.9. The van der Waals surface area contributed by atoms with Crippen LogP contribution in [-0.4, -0.2) is 162 Å². The first-order chi connectivity index (χ1) is 45.3. The van der Waals surface area contributed by atoms with Gasteiger partial charge in [-0.2, -0.15) is 0 Å². The summed E-state index contributed by atoms with van der Waals surface area (Å²) in [5.74, 6) is 0.0823. The second-order valence-corrected chi connectivity index (χ2v) is 61.4. The number of hydrogen-bond acceptors (Lipinski definition) is 13. The topological polar surface area (TPSA) is 128 Å². The molecule has 2 aromatic carbocycles. The van der Waals surface area contributed by atoms with E-state index >= 15 is 4.79 Å². The summed E-state index contributed by atoms with van der Waals surface area (Å²) in [5.41, 5.74) is -2.74. The van der Waals surface area contributed by atoms with Crippen LogP contribution < -0.4 is 10.4 Å². The zero-order chi connectivity index (χ0) is 72.5. The molecule has 0 unspecified atom stereocenters. The number of ether oxygens (including phenoxy) is 7. The van der Waals surface area contributed by atoms with Crippen molar-refractivity contribution in [3.8, 4) is 0 Å². The second kappa shape index (κ2) is 29.7. The molecule has 18 heteroatoms. The van der Waals surface area contributed by atoms with E-state index in [4.69, 9.17) is 55.3 Å². The van der Waals surface area contributed by atoms with Gasteiger partial charge in [0.2, 0.25) is 8.32 Å². The van der Waals surface area contributed by atoms with Crippen molar-refractivity contribution < 1.29 is 60.1 Å². The van der Waals surface area contributed by atoms with E-state index in [0.717, 1.165) is 37.4 Å². The SMILES string of the molecule is CC[Si](CC)(CC)O[C@H]1C[C@@]2(C)O[C@@]3(C)[C@@H](O[Si](C(C)C)(C(C)C)C(C)C)C[C@H](CCCO[Si](c4ccccc4)(c4ccccc4)C(C)(C)C)O[C@@H]3C[C@@H]2O[C@@H]1C[C@H]1O[C@]2(C)C[C@]3(C)O[C@@H]4C=C[C@](C)(O[Si](C)(C)C(C)(C)C)[C@@H](CO[Si](C)(C)C(C)(C)C)O[C@H]4C[C@H]3O[C@H]2CCC1=O. The van der Waals surface area contributed by atoms with Crippen LogP contribution in [-0.2, 0) is 60.1 Å². The highest BCUT2D eigenvalue weighted by Gasteiger charge is 2.66. The molecule has 2 aromatic rings. The first-order valence-corrected chi connectivity index (χ1v) is 51.1. The van der Waals surface area contributed by atoms with Gasteiger partial charge in [-0.15, -0.1) is 0 Å². The molecule has 0 bridgehead atoms. The molecule has 7 heterocycles. The lowest BCUT2D eigenvalue weighted by atomic mass is 9.73. The van der Waals surface area contributed by atoms with Crippen molar-refractivity contribution in [1.29, 1.82) is 0 Å². The molecule has 0 saturated carbocycles. The smallest absolute Gasteiger partial charge is 0.261 e. The predicted octanol–water partition coefficient (Wildman–Crippen LogP) is 18.3. The second-order valence-electron chi connectivity index (χ2n) is 37.4. The lowest BCUT2D eigenvalue weighted by Crippen LogP contribution is -2.73. The lowest BCUT2D eigenvalue weighted by molar-refractivity contribution is -0.354. The third-order valence-corrected chi connectivity index (χ3v) is 51.5. The first kappa shape index (κ1) is 80.5. The summed E-state index contributed by atoms with van der Waals surface area (Å²) in [4.78, 5) is 15.1. The highest BCUT2D eigenvalue weighted by molar-refractivity contribution is 6.99. The quantitative estimate of drug-likeness (QED) is 0.0562. The summed E-state index contributed by atoms with van der Waals surface area (Å²) < 4.78 is 90.5. The molecule has 13 nitrogen and oxygen atoms in total. The number of rotatable bonds is 24. The number of hydrogen-bond donors (Lipinski definition) is 0. The molecule has 6 fully saturated rings. The van der Waals surface area contributed by atoms with Gasteiger partial charge in [0.05, 0.1) is 78.3 Å². The van der Waals surface area contributed by atoms with Crippen LogP contribution >= 0.6 is 0 Å². The first-order valence-electron chi connectivity index (χ1n) is 38.7. The number of carbonyl (C=O) groups excluding carboxylic acids is 1. The zero-order valence-electron chi connectivity index (χ0n) is 66.5. The molecular weight excluding hydrogens is 1310 g/mol. The standard InChI is InChI=1S/C80H138O13Si5/c1-28-96(29-2,30-3)90-66-52-77(20)69(51-70-80(23,92-77)71(91-97(55(4)5,56(6)7)57(8)9)48-58(84-70)38-37-47-82-98(75(16,17)18,59-39-33-31-34-40-59)60-41-35-32-36-42-60)85-64(66)49-63-61(81)43-44-67-78(21,89-63)54-79(22)68(87-67)50-65-62(88-79)45-46-76(19,93-95(26,27)74(13,14)15)72(86-65)53-83-94(24,25)73(10,11)12/h31-36,39-42,45-46,55-58,62-72H,28-30,37-38,43-44,47-54H2,1-27H3/t58-,62+,63+,64+,65-,66-,67-,68+,69-,70+,71-,72+,76-,77+,78+,79-,80+/m0/s1. The van der Waals surface area contributed by atoms with Gasteiger partial charge in [-0.05, 0) is 140 Å². The Hall–Kier alpha value is -1.55. The van der Waals surface area contributed by atoms with Crippen LogP contribution in [0.5, 0.6) is 0 Å². The third kappa shape index (κ3) is 15.8. The van der Waals surface area contributed by atoms with E-state index in [1.54, 1.807) is 0 Å². The summed E-state index contributed by atoms with van der Waals surface area (Å²) in [6.07, 6.45) is 6.31. The molecule has 0 radical (unpaired) electrons. The summed E-state index contributed by atoms with van der Waals surface area (Å²) >= 11 is 0. The molecule has 9 rings (SSSR count). The molecule has 0 N–H and O–H groups in total. The molecule has 6 saturated heterocycles. The molecule has 98 heavy (non-hydrogen) atoms. The molecular formula is C80H138O13Si5. The van der Waals surface area contributed by atoms with Crippen molar-refractivity contribution in [2.24, 2.45) is 0 Å². The van der Waals surface area contributed by atoms with E-state index in [-0.39, 0.29) is 81.9 Å². The van der Waals surface area contributed by atoms with E-state index in [9.17, 15) is 0 Å². The molecule has 0 spiro atoms. The fraction of sp³-hybridized carbons (Fsp3) is 0.812. The monoisotopic (exact) mass is 1450 g/mol. The Bertz CT molecular complexity index is 2930. The Labute approximate surface area is 601 Å². The van der Waals surface area contributed by atoms with Crippen LogP contribution in [0, 0.1) is 0 Å². The lowest BCUT2D eigenvalue weighted by Gasteiger charge is -2.62. The number of ketones is 1. The minimum absolute atomic E-state index is 0.0228. The van der Waals surface area contributed by atoms with Gasteiger partial charge in [0, 0.05) is 51.6 Å².